The maximum absolute atomic E-state index is 11.9. The molecule has 0 saturated carbocycles. The van der Waals surface area contributed by atoms with E-state index >= 15 is 0 Å². The van der Waals surface area contributed by atoms with Gasteiger partial charge in [0.1, 0.15) is 5.82 Å². The van der Waals surface area contributed by atoms with Gasteiger partial charge in [-0.05, 0) is 38.1 Å². The number of rotatable bonds is 7. The molecule has 1 aromatic carbocycles. The Morgan fingerprint density at radius 2 is 1.77 bits per heavy atom. The van der Waals surface area contributed by atoms with E-state index in [1.807, 2.05) is 42.5 Å². The summed E-state index contributed by atoms with van der Waals surface area (Å²) in [6, 6.07) is 13.4. The Bertz CT molecular complexity index is 579. The zero-order valence-corrected chi connectivity index (χ0v) is 13.0. The minimum absolute atomic E-state index is 0.0961. The van der Waals surface area contributed by atoms with E-state index in [1.54, 1.807) is 6.20 Å². The lowest BCUT2D eigenvalue weighted by atomic mass is 10.3. The number of aromatic nitrogens is 1. The van der Waals surface area contributed by atoms with E-state index in [0.29, 0.717) is 5.69 Å². The second-order valence-corrected chi connectivity index (χ2v) is 4.85. The van der Waals surface area contributed by atoms with Crippen LogP contribution < -0.4 is 15.5 Å². The molecule has 0 aliphatic heterocycles. The van der Waals surface area contributed by atoms with Crippen LogP contribution in [0, 0.1) is 0 Å². The number of anilines is 3. The Balaban J connectivity index is 1.86. The number of nitrogens with one attached hydrogen (secondary N) is 2. The molecule has 5 heteroatoms. The first-order chi connectivity index (χ1) is 10.7. The highest BCUT2D eigenvalue weighted by molar-refractivity contribution is 5.93. The van der Waals surface area contributed by atoms with Crippen LogP contribution in [0.5, 0.6) is 0 Å². The summed E-state index contributed by atoms with van der Waals surface area (Å²) in [6.45, 7) is 6.24. The van der Waals surface area contributed by atoms with Crippen LogP contribution in [0.2, 0.25) is 0 Å². The quantitative estimate of drug-likeness (QED) is 0.825. The van der Waals surface area contributed by atoms with Crippen molar-refractivity contribution in [3.63, 3.8) is 0 Å². The Labute approximate surface area is 131 Å². The maximum atomic E-state index is 11.9. The van der Waals surface area contributed by atoms with Crippen LogP contribution in [0.25, 0.3) is 0 Å². The number of pyridine rings is 1. The van der Waals surface area contributed by atoms with Gasteiger partial charge in [0.2, 0.25) is 5.91 Å². The van der Waals surface area contributed by atoms with Crippen molar-refractivity contribution in [1.82, 2.24) is 4.98 Å². The summed E-state index contributed by atoms with van der Waals surface area (Å²) in [7, 11) is 0. The second kappa shape index (κ2) is 8.02. The van der Waals surface area contributed by atoms with Gasteiger partial charge < -0.3 is 15.5 Å². The first-order valence-corrected chi connectivity index (χ1v) is 7.52. The van der Waals surface area contributed by atoms with Crippen LogP contribution >= 0.6 is 0 Å². The van der Waals surface area contributed by atoms with Gasteiger partial charge in [0.15, 0.2) is 0 Å². The van der Waals surface area contributed by atoms with E-state index in [0.717, 1.165) is 24.6 Å². The van der Waals surface area contributed by atoms with Gasteiger partial charge >= 0.3 is 0 Å². The van der Waals surface area contributed by atoms with Crippen molar-refractivity contribution >= 4 is 23.1 Å². The van der Waals surface area contributed by atoms with Crippen molar-refractivity contribution < 1.29 is 4.79 Å². The van der Waals surface area contributed by atoms with Crippen LogP contribution in [-0.4, -0.2) is 30.5 Å². The van der Waals surface area contributed by atoms with Crippen LogP contribution in [-0.2, 0) is 4.79 Å². The minimum Gasteiger partial charge on any atom is -0.376 e. The summed E-state index contributed by atoms with van der Waals surface area (Å²) in [5.74, 6) is 0.826. The fraction of sp³-hybridized carbons (Fsp3) is 0.294. The lowest BCUT2D eigenvalue weighted by molar-refractivity contribution is -0.114. The normalized spacial score (nSPS) is 10.1. The van der Waals surface area contributed by atoms with Crippen molar-refractivity contribution in [2.45, 2.75) is 13.8 Å². The number of carbonyl (C=O) groups is 1. The molecule has 1 heterocycles. The second-order valence-electron chi connectivity index (χ2n) is 4.85. The number of para-hydroxylation sites is 1. The van der Waals surface area contributed by atoms with E-state index in [2.05, 4.69) is 34.4 Å². The first-order valence-electron chi connectivity index (χ1n) is 7.52. The average Bonchev–Trinajstić information content (AvgIpc) is 2.56. The van der Waals surface area contributed by atoms with Crippen molar-refractivity contribution in [2.24, 2.45) is 0 Å². The summed E-state index contributed by atoms with van der Waals surface area (Å²) < 4.78 is 0. The number of carbonyl (C=O) groups excluding carboxylic acids is 1. The van der Waals surface area contributed by atoms with Crippen LogP contribution in [0.3, 0.4) is 0 Å². The van der Waals surface area contributed by atoms with E-state index in [4.69, 9.17) is 0 Å². The molecule has 22 heavy (non-hydrogen) atoms. The van der Waals surface area contributed by atoms with Gasteiger partial charge in [-0.25, -0.2) is 4.98 Å². The smallest absolute Gasteiger partial charge is 0.243 e. The first kappa shape index (κ1) is 15.8. The van der Waals surface area contributed by atoms with Crippen molar-refractivity contribution in [3.05, 3.63) is 48.7 Å². The lowest BCUT2D eigenvalue weighted by Crippen LogP contribution is -2.23. The fourth-order valence-corrected chi connectivity index (χ4v) is 2.14. The largest absolute Gasteiger partial charge is 0.376 e. The molecule has 0 bridgehead atoms. The molecule has 0 atom stereocenters. The molecule has 1 amide bonds. The standard InChI is InChI=1S/C17H22N4O/c1-3-21(4-2)16-11-10-15(12-19-16)20-17(22)13-18-14-8-6-5-7-9-14/h5-12,18H,3-4,13H2,1-2H3,(H,20,22). The molecule has 0 aliphatic rings. The summed E-state index contributed by atoms with van der Waals surface area (Å²) in [5.41, 5.74) is 1.63. The lowest BCUT2D eigenvalue weighted by Gasteiger charge is -2.19. The third-order valence-electron chi connectivity index (χ3n) is 3.35. The number of amides is 1. The van der Waals surface area contributed by atoms with Gasteiger partial charge in [0.05, 0.1) is 18.4 Å². The van der Waals surface area contributed by atoms with Crippen LogP contribution in [0.4, 0.5) is 17.2 Å². The van der Waals surface area contributed by atoms with Gasteiger partial charge in [0.25, 0.3) is 0 Å². The Morgan fingerprint density at radius 1 is 1.05 bits per heavy atom. The summed E-state index contributed by atoms with van der Waals surface area (Å²) in [6.07, 6.45) is 1.69. The van der Waals surface area contributed by atoms with E-state index < -0.39 is 0 Å². The van der Waals surface area contributed by atoms with Gasteiger partial charge in [-0.15, -0.1) is 0 Å². The molecule has 0 fully saturated rings. The van der Waals surface area contributed by atoms with E-state index in [9.17, 15) is 4.79 Å². The number of hydrogen-bond acceptors (Lipinski definition) is 4. The zero-order valence-electron chi connectivity index (χ0n) is 13.0. The molecular formula is C17H22N4O. The van der Waals surface area contributed by atoms with Gasteiger partial charge in [-0.1, -0.05) is 18.2 Å². The highest BCUT2D eigenvalue weighted by atomic mass is 16.1. The monoisotopic (exact) mass is 298 g/mol. The molecule has 0 spiro atoms. The average molecular weight is 298 g/mol. The molecule has 0 saturated heterocycles. The number of hydrogen-bond donors (Lipinski definition) is 2. The van der Waals surface area contributed by atoms with Crippen molar-refractivity contribution in [2.75, 3.05) is 35.2 Å². The highest BCUT2D eigenvalue weighted by Crippen LogP contribution is 2.13. The van der Waals surface area contributed by atoms with Crippen molar-refractivity contribution in [3.8, 4) is 0 Å². The zero-order chi connectivity index (χ0) is 15.8. The fourth-order valence-electron chi connectivity index (χ4n) is 2.14. The van der Waals surface area contributed by atoms with Gasteiger partial charge in [-0.3, -0.25) is 4.79 Å². The third-order valence-corrected chi connectivity index (χ3v) is 3.35. The topological polar surface area (TPSA) is 57.3 Å². The molecular weight excluding hydrogens is 276 g/mol. The summed E-state index contributed by atoms with van der Waals surface area (Å²) in [5, 5.41) is 5.90. The summed E-state index contributed by atoms with van der Waals surface area (Å²) in [4.78, 5) is 18.4. The maximum Gasteiger partial charge on any atom is 0.243 e. The molecule has 2 N–H and O–H groups in total. The van der Waals surface area contributed by atoms with Gasteiger partial charge in [-0.2, -0.15) is 0 Å². The van der Waals surface area contributed by atoms with E-state index in [1.165, 1.54) is 0 Å². The van der Waals surface area contributed by atoms with Crippen molar-refractivity contribution in [1.29, 1.82) is 0 Å². The molecule has 2 rings (SSSR count). The van der Waals surface area contributed by atoms with Crippen LogP contribution in [0.15, 0.2) is 48.7 Å². The predicted octanol–water partition coefficient (Wildman–Crippen LogP) is 2.98. The molecule has 5 nitrogen and oxygen atoms in total. The van der Waals surface area contributed by atoms with Gasteiger partial charge in [0, 0.05) is 18.8 Å². The third kappa shape index (κ3) is 4.48. The molecule has 116 valence electrons. The van der Waals surface area contributed by atoms with Crippen LogP contribution in [0.1, 0.15) is 13.8 Å². The minimum atomic E-state index is -0.0961. The summed E-state index contributed by atoms with van der Waals surface area (Å²) >= 11 is 0. The molecule has 2 aromatic rings. The molecule has 1 aromatic heterocycles. The molecule has 0 aliphatic carbocycles. The van der Waals surface area contributed by atoms with E-state index in [-0.39, 0.29) is 12.5 Å². The Morgan fingerprint density at radius 3 is 2.36 bits per heavy atom. The Hall–Kier alpha value is -2.56. The molecule has 0 radical (unpaired) electrons. The molecule has 0 unspecified atom stereocenters. The number of nitrogens with zero attached hydrogens (tertiary/aromatic N) is 2. The Kier molecular flexibility index (Phi) is 5.77. The predicted molar refractivity (Wildman–Crippen MR) is 91.4 cm³/mol. The SMILES string of the molecule is CCN(CC)c1ccc(NC(=O)CNc2ccccc2)cn1. The highest BCUT2D eigenvalue weighted by Gasteiger charge is 2.05. The number of benzene rings is 1.